The first-order chi connectivity index (χ1) is 9.90. The minimum atomic E-state index is -0.247. The number of amides is 1. The summed E-state index contributed by atoms with van der Waals surface area (Å²) in [5.41, 5.74) is 7.65. The summed E-state index contributed by atoms with van der Waals surface area (Å²) >= 11 is 3.31. The van der Waals surface area contributed by atoms with Crippen molar-refractivity contribution in [2.24, 2.45) is 0 Å². The van der Waals surface area contributed by atoms with Gasteiger partial charge in [0.05, 0.1) is 11.6 Å². The number of nitrogens with zero attached hydrogens (tertiary/aromatic N) is 1. The molecule has 0 fully saturated rings. The van der Waals surface area contributed by atoms with E-state index in [-0.39, 0.29) is 23.3 Å². The van der Waals surface area contributed by atoms with Gasteiger partial charge in [0.25, 0.3) is 5.91 Å². The van der Waals surface area contributed by atoms with Crippen molar-refractivity contribution in [2.75, 3.05) is 12.8 Å². The summed E-state index contributed by atoms with van der Waals surface area (Å²) in [6.07, 6.45) is 0. The number of hydrogen-bond acceptors (Lipinski definition) is 3. The van der Waals surface area contributed by atoms with Gasteiger partial charge in [0, 0.05) is 17.2 Å². The Hall–Kier alpha value is -2.01. The van der Waals surface area contributed by atoms with Gasteiger partial charge < -0.3 is 15.7 Å². The first-order valence-electron chi connectivity index (χ1n) is 6.51. The molecule has 0 aliphatic carbocycles. The van der Waals surface area contributed by atoms with Crippen LogP contribution >= 0.6 is 15.9 Å². The van der Waals surface area contributed by atoms with Gasteiger partial charge in [-0.15, -0.1) is 0 Å². The second-order valence-electron chi connectivity index (χ2n) is 4.92. The molecule has 0 radical (unpaired) electrons. The lowest BCUT2D eigenvalue weighted by atomic mass is 10.1. The van der Waals surface area contributed by atoms with E-state index in [9.17, 15) is 9.90 Å². The van der Waals surface area contributed by atoms with E-state index < -0.39 is 0 Å². The molecule has 3 N–H and O–H groups in total. The molecule has 0 heterocycles. The quantitative estimate of drug-likeness (QED) is 0.833. The second kappa shape index (κ2) is 6.18. The Kier molecular flexibility index (Phi) is 4.53. The summed E-state index contributed by atoms with van der Waals surface area (Å²) in [6, 6.07) is 12.1. The van der Waals surface area contributed by atoms with Crippen molar-refractivity contribution >= 4 is 27.5 Å². The van der Waals surface area contributed by atoms with E-state index in [4.69, 9.17) is 5.73 Å². The molecule has 4 nitrogen and oxygen atoms in total. The van der Waals surface area contributed by atoms with Crippen molar-refractivity contribution in [3.63, 3.8) is 0 Å². The number of rotatable bonds is 3. The number of benzene rings is 2. The maximum absolute atomic E-state index is 12.5. The zero-order valence-electron chi connectivity index (χ0n) is 11.9. The van der Waals surface area contributed by atoms with Crippen LogP contribution in [0.3, 0.4) is 0 Å². The van der Waals surface area contributed by atoms with Crippen LogP contribution < -0.4 is 5.73 Å². The lowest BCUT2D eigenvalue weighted by Gasteiger charge is -2.26. The van der Waals surface area contributed by atoms with Crippen LogP contribution in [0.25, 0.3) is 0 Å². The number of carbonyl (C=O) groups is 1. The Morgan fingerprint density at radius 1 is 1.29 bits per heavy atom. The normalized spacial score (nSPS) is 12.0. The maximum Gasteiger partial charge on any atom is 0.257 e. The van der Waals surface area contributed by atoms with Gasteiger partial charge in [-0.05, 0) is 42.8 Å². The van der Waals surface area contributed by atoms with Gasteiger partial charge in [0.2, 0.25) is 0 Å². The van der Waals surface area contributed by atoms with Crippen LogP contribution in [0.1, 0.15) is 28.9 Å². The number of aromatic hydroxyl groups is 1. The fraction of sp³-hybridized carbons (Fsp3) is 0.188. The van der Waals surface area contributed by atoms with Gasteiger partial charge in [-0.25, -0.2) is 0 Å². The summed E-state index contributed by atoms with van der Waals surface area (Å²) in [6.45, 7) is 1.92. The lowest BCUT2D eigenvalue weighted by Crippen LogP contribution is -2.29. The molecule has 5 heteroatoms. The number of anilines is 1. The SMILES string of the molecule is CC(c1cccc(N)c1)N(C)C(=O)c1cc(Br)ccc1O. The minimum absolute atomic E-state index is 0.0326. The first-order valence-corrected chi connectivity index (χ1v) is 7.30. The fourth-order valence-electron chi connectivity index (χ4n) is 2.09. The number of nitrogens with two attached hydrogens (primary N) is 1. The fourth-order valence-corrected chi connectivity index (χ4v) is 2.45. The van der Waals surface area contributed by atoms with Crippen LogP contribution in [0.15, 0.2) is 46.9 Å². The van der Waals surface area contributed by atoms with E-state index in [1.54, 1.807) is 30.1 Å². The van der Waals surface area contributed by atoms with E-state index in [2.05, 4.69) is 15.9 Å². The van der Waals surface area contributed by atoms with Crippen LogP contribution in [0.2, 0.25) is 0 Å². The van der Waals surface area contributed by atoms with E-state index in [1.165, 1.54) is 6.07 Å². The van der Waals surface area contributed by atoms with Crippen molar-refractivity contribution in [1.82, 2.24) is 4.90 Å². The number of phenols is 1. The second-order valence-corrected chi connectivity index (χ2v) is 5.84. The molecule has 0 bridgehead atoms. The van der Waals surface area contributed by atoms with Gasteiger partial charge in [-0.2, -0.15) is 0 Å². The molecule has 2 rings (SSSR count). The standard InChI is InChI=1S/C16H17BrN2O2/c1-10(11-4-3-5-13(18)8-11)19(2)16(21)14-9-12(17)6-7-15(14)20/h3-10,20H,18H2,1-2H3. The molecular weight excluding hydrogens is 332 g/mol. The zero-order chi connectivity index (χ0) is 15.6. The molecular formula is C16H17BrN2O2. The number of phenolic OH excluding ortho intramolecular Hbond substituents is 1. The van der Waals surface area contributed by atoms with Gasteiger partial charge in [0.15, 0.2) is 0 Å². The van der Waals surface area contributed by atoms with Crippen LogP contribution in [-0.2, 0) is 0 Å². The van der Waals surface area contributed by atoms with Crippen LogP contribution in [-0.4, -0.2) is 23.0 Å². The third kappa shape index (κ3) is 3.36. The summed E-state index contributed by atoms with van der Waals surface area (Å²) in [7, 11) is 1.70. The lowest BCUT2D eigenvalue weighted by molar-refractivity contribution is 0.0739. The van der Waals surface area contributed by atoms with E-state index in [0.717, 1.165) is 10.0 Å². The monoisotopic (exact) mass is 348 g/mol. The third-order valence-electron chi connectivity index (χ3n) is 3.48. The topological polar surface area (TPSA) is 66.6 Å². The third-order valence-corrected chi connectivity index (χ3v) is 3.98. The predicted octanol–water partition coefficient (Wildman–Crippen LogP) is 3.57. The smallest absolute Gasteiger partial charge is 0.257 e. The summed E-state index contributed by atoms with van der Waals surface area (Å²) < 4.78 is 0.744. The Morgan fingerprint density at radius 2 is 2.00 bits per heavy atom. The minimum Gasteiger partial charge on any atom is -0.507 e. The molecule has 1 atom stereocenters. The van der Waals surface area contributed by atoms with Gasteiger partial charge in [-0.3, -0.25) is 4.79 Å². The average Bonchev–Trinajstić information content (AvgIpc) is 2.47. The molecule has 0 aromatic heterocycles. The van der Waals surface area contributed by atoms with E-state index in [0.29, 0.717) is 5.69 Å². The Labute approximate surface area is 132 Å². The van der Waals surface area contributed by atoms with E-state index in [1.807, 2.05) is 25.1 Å². The number of nitrogen functional groups attached to an aromatic ring is 1. The molecule has 0 saturated carbocycles. The number of halogens is 1. The maximum atomic E-state index is 12.5. The highest BCUT2D eigenvalue weighted by molar-refractivity contribution is 9.10. The summed E-state index contributed by atoms with van der Waals surface area (Å²) in [5.74, 6) is -0.279. The average molecular weight is 349 g/mol. The van der Waals surface area contributed by atoms with Crippen molar-refractivity contribution in [1.29, 1.82) is 0 Å². The molecule has 0 saturated heterocycles. The van der Waals surface area contributed by atoms with Crippen LogP contribution in [0.5, 0.6) is 5.75 Å². The van der Waals surface area contributed by atoms with Crippen molar-refractivity contribution < 1.29 is 9.90 Å². The molecule has 0 aliphatic rings. The highest BCUT2D eigenvalue weighted by atomic mass is 79.9. The van der Waals surface area contributed by atoms with Gasteiger partial charge >= 0.3 is 0 Å². The highest BCUT2D eigenvalue weighted by Crippen LogP contribution is 2.27. The van der Waals surface area contributed by atoms with Gasteiger partial charge in [-0.1, -0.05) is 28.1 Å². The van der Waals surface area contributed by atoms with Crippen LogP contribution in [0, 0.1) is 0 Å². The molecule has 2 aromatic carbocycles. The van der Waals surface area contributed by atoms with Gasteiger partial charge in [0.1, 0.15) is 5.75 Å². The molecule has 2 aromatic rings. The highest BCUT2D eigenvalue weighted by Gasteiger charge is 2.21. The number of carbonyl (C=O) groups excluding carboxylic acids is 1. The predicted molar refractivity (Wildman–Crippen MR) is 87.2 cm³/mol. The Bertz CT molecular complexity index is 673. The molecule has 1 unspecified atom stereocenters. The first kappa shape index (κ1) is 15.4. The number of hydrogen-bond donors (Lipinski definition) is 2. The molecule has 21 heavy (non-hydrogen) atoms. The zero-order valence-corrected chi connectivity index (χ0v) is 13.5. The molecule has 1 amide bonds. The summed E-state index contributed by atoms with van der Waals surface area (Å²) in [4.78, 5) is 14.1. The summed E-state index contributed by atoms with van der Waals surface area (Å²) in [5, 5.41) is 9.86. The Balaban J connectivity index is 2.28. The van der Waals surface area contributed by atoms with Crippen molar-refractivity contribution in [3.05, 3.63) is 58.1 Å². The van der Waals surface area contributed by atoms with E-state index >= 15 is 0 Å². The Morgan fingerprint density at radius 3 is 2.67 bits per heavy atom. The van der Waals surface area contributed by atoms with Crippen LogP contribution in [0.4, 0.5) is 5.69 Å². The molecule has 110 valence electrons. The molecule has 0 spiro atoms. The van der Waals surface area contributed by atoms with Crippen molar-refractivity contribution in [2.45, 2.75) is 13.0 Å². The molecule has 0 aliphatic heterocycles. The largest absolute Gasteiger partial charge is 0.507 e. The van der Waals surface area contributed by atoms with Crippen molar-refractivity contribution in [3.8, 4) is 5.75 Å².